The van der Waals surface area contributed by atoms with Gasteiger partial charge in [0.2, 0.25) is 6.41 Å². The molecule has 170 valence electrons. The molecule has 5 heteroatoms. The maximum atomic E-state index is 12.6. The SMILES string of the molecule is CCOC(=O)C(NC=O)=C1CC[C@H]2[C@@H]3CC=C4C=C(OCC)CC[C@]4(C)[C@H]3CC[C@]12C. The summed E-state index contributed by atoms with van der Waals surface area (Å²) in [5, 5.41) is 2.70. The summed E-state index contributed by atoms with van der Waals surface area (Å²) in [7, 11) is 0. The maximum Gasteiger partial charge on any atom is 0.354 e. The van der Waals surface area contributed by atoms with Gasteiger partial charge >= 0.3 is 5.97 Å². The van der Waals surface area contributed by atoms with Crippen molar-refractivity contribution in [3.63, 3.8) is 0 Å². The Balaban J connectivity index is 1.66. The fourth-order valence-corrected chi connectivity index (χ4v) is 7.35. The highest BCUT2D eigenvalue weighted by Crippen LogP contribution is 2.66. The van der Waals surface area contributed by atoms with E-state index in [9.17, 15) is 9.59 Å². The summed E-state index contributed by atoms with van der Waals surface area (Å²) in [6.07, 6.45) is 12.8. The molecule has 0 radical (unpaired) electrons. The number of nitrogens with one attached hydrogen (secondary N) is 1. The van der Waals surface area contributed by atoms with Gasteiger partial charge in [-0.25, -0.2) is 4.79 Å². The lowest BCUT2D eigenvalue weighted by atomic mass is 9.48. The molecule has 0 aromatic rings. The summed E-state index contributed by atoms with van der Waals surface area (Å²) in [6.45, 7) is 9.67. The van der Waals surface area contributed by atoms with Crippen molar-refractivity contribution in [1.82, 2.24) is 5.32 Å². The quantitative estimate of drug-likeness (QED) is 0.366. The zero-order valence-corrected chi connectivity index (χ0v) is 19.5. The Morgan fingerprint density at radius 2 is 1.90 bits per heavy atom. The van der Waals surface area contributed by atoms with Crippen LogP contribution in [0.3, 0.4) is 0 Å². The zero-order chi connectivity index (χ0) is 22.2. The van der Waals surface area contributed by atoms with Crippen molar-refractivity contribution in [3.05, 3.63) is 34.8 Å². The number of hydrogen-bond acceptors (Lipinski definition) is 4. The Hall–Kier alpha value is -2.04. The van der Waals surface area contributed by atoms with E-state index in [1.54, 1.807) is 6.92 Å². The number of hydrogen-bond donors (Lipinski definition) is 1. The van der Waals surface area contributed by atoms with E-state index in [1.807, 2.05) is 0 Å². The molecule has 0 unspecified atom stereocenters. The molecule has 4 aliphatic rings. The van der Waals surface area contributed by atoms with E-state index >= 15 is 0 Å². The molecule has 0 saturated heterocycles. The van der Waals surface area contributed by atoms with E-state index in [1.165, 1.54) is 5.57 Å². The predicted octanol–water partition coefficient (Wildman–Crippen LogP) is 5.04. The lowest BCUT2D eigenvalue weighted by Crippen LogP contribution is -2.48. The predicted molar refractivity (Wildman–Crippen MR) is 120 cm³/mol. The molecule has 1 N–H and O–H groups in total. The smallest absolute Gasteiger partial charge is 0.354 e. The Bertz CT molecular complexity index is 840. The van der Waals surface area contributed by atoms with Crippen LogP contribution in [-0.4, -0.2) is 25.6 Å². The molecule has 5 nitrogen and oxygen atoms in total. The van der Waals surface area contributed by atoms with Crippen molar-refractivity contribution in [1.29, 1.82) is 0 Å². The molecule has 0 bridgehead atoms. The molecular weight excluding hydrogens is 390 g/mol. The Labute approximate surface area is 186 Å². The van der Waals surface area contributed by atoms with E-state index in [0.29, 0.717) is 36.5 Å². The molecule has 5 atom stereocenters. The van der Waals surface area contributed by atoms with Crippen LogP contribution in [0, 0.1) is 28.6 Å². The summed E-state index contributed by atoms with van der Waals surface area (Å²) in [6, 6.07) is 0. The van der Waals surface area contributed by atoms with Crippen molar-refractivity contribution in [3.8, 4) is 0 Å². The van der Waals surface area contributed by atoms with Gasteiger partial charge in [0, 0.05) is 6.42 Å². The highest BCUT2D eigenvalue weighted by atomic mass is 16.5. The number of carbonyl (C=O) groups is 2. The van der Waals surface area contributed by atoms with Gasteiger partial charge < -0.3 is 14.8 Å². The molecule has 0 spiro atoms. The average molecular weight is 428 g/mol. The molecule has 2 saturated carbocycles. The molecule has 0 aromatic carbocycles. The standard InChI is InChI=1S/C26H37NO4/c1-5-30-18-11-13-25(3)17(15-18)7-8-19-20-9-10-22(26(20,4)14-12-21(19)25)23(27-16-28)24(29)31-6-2/h7,15-16,19-21H,5-6,8-14H2,1-4H3,(H,27,28)/t19-,20-,21-,25-,26-/m0/s1. The van der Waals surface area contributed by atoms with Crippen molar-refractivity contribution in [2.75, 3.05) is 13.2 Å². The molecule has 1 amide bonds. The van der Waals surface area contributed by atoms with Gasteiger partial charge in [0.25, 0.3) is 0 Å². The lowest BCUT2D eigenvalue weighted by molar-refractivity contribution is -0.139. The zero-order valence-electron chi connectivity index (χ0n) is 19.5. The van der Waals surface area contributed by atoms with Gasteiger partial charge in [-0.1, -0.05) is 19.9 Å². The molecule has 4 rings (SSSR count). The third kappa shape index (κ3) is 3.54. The third-order valence-electron chi connectivity index (χ3n) is 8.83. The van der Waals surface area contributed by atoms with Crippen LogP contribution in [0.15, 0.2) is 34.8 Å². The second-order valence-corrected chi connectivity index (χ2v) is 10.1. The minimum Gasteiger partial charge on any atom is -0.498 e. The second kappa shape index (κ2) is 8.48. The topological polar surface area (TPSA) is 64.6 Å². The van der Waals surface area contributed by atoms with Crippen LogP contribution in [0.2, 0.25) is 0 Å². The summed E-state index contributed by atoms with van der Waals surface area (Å²) >= 11 is 0. The second-order valence-electron chi connectivity index (χ2n) is 10.1. The molecular formula is C26H37NO4. The van der Waals surface area contributed by atoms with Gasteiger partial charge in [0.1, 0.15) is 5.70 Å². The Kier molecular flexibility index (Phi) is 6.06. The molecule has 0 aromatic heterocycles. The normalized spacial score (nSPS) is 38.0. The van der Waals surface area contributed by atoms with Gasteiger partial charge in [-0.15, -0.1) is 0 Å². The first-order valence-electron chi connectivity index (χ1n) is 12.0. The van der Waals surface area contributed by atoms with E-state index in [0.717, 1.165) is 62.9 Å². The van der Waals surface area contributed by atoms with Gasteiger partial charge in [-0.2, -0.15) is 0 Å². The lowest BCUT2D eigenvalue weighted by Gasteiger charge is -2.56. The van der Waals surface area contributed by atoms with Crippen LogP contribution in [-0.2, 0) is 19.1 Å². The summed E-state index contributed by atoms with van der Waals surface area (Å²) in [5.41, 5.74) is 3.12. The third-order valence-corrected chi connectivity index (χ3v) is 8.83. The molecule has 31 heavy (non-hydrogen) atoms. The highest BCUT2D eigenvalue weighted by Gasteiger charge is 2.57. The average Bonchev–Trinajstić information content (AvgIpc) is 3.09. The summed E-state index contributed by atoms with van der Waals surface area (Å²) < 4.78 is 11.1. The fourth-order valence-electron chi connectivity index (χ4n) is 7.35. The summed E-state index contributed by atoms with van der Waals surface area (Å²) in [4.78, 5) is 23.9. The largest absolute Gasteiger partial charge is 0.498 e. The number of carbonyl (C=O) groups excluding carboxylic acids is 2. The maximum absolute atomic E-state index is 12.6. The number of ether oxygens (including phenoxy) is 2. The number of fused-ring (bicyclic) bond motifs is 5. The number of allylic oxidation sites excluding steroid dienone is 5. The van der Waals surface area contributed by atoms with Crippen molar-refractivity contribution in [2.24, 2.45) is 28.6 Å². The minimum atomic E-state index is -0.396. The van der Waals surface area contributed by atoms with Gasteiger partial charge in [0.15, 0.2) is 0 Å². The van der Waals surface area contributed by atoms with E-state index in [2.05, 4.69) is 38.2 Å². The van der Waals surface area contributed by atoms with E-state index in [-0.39, 0.29) is 10.8 Å². The minimum absolute atomic E-state index is 0.0536. The number of rotatable bonds is 6. The van der Waals surface area contributed by atoms with Crippen molar-refractivity contribution in [2.45, 2.75) is 72.6 Å². The van der Waals surface area contributed by atoms with Crippen LogP contribution in [0.5, 0.6) is 0 Å². The molecule has 4 aliphatic carbocycles. The molecule has 0 heterocycles. The van der Waals surface area contributed by atoms with Gasteiger partial charge in [0.05, 0.1) is 19.0 Å². The number of amides is 1. The molecule has 2 fully saturated rings. The summed E-state index contributed by atoms with van der Waals surface area (Å²) in [5.74, 6) is 2.55. The van der Waals surface area contributed by atoms with Gasteiger partial charge in [-0.3, -0.25) is 4.79 Å². The van der Waals surface area contributed by atoms with Crippen LogP contribution in [0.25, 0.3) is 0 Å². The highest BCUT2D eigenvalue weighted by molar-refractivity contribution is 5.91. The van der Waals surface area contributed by atoms with Crippen LogP contribution in [0.1, 0.15) is 72.6 Å². The van der Waals surface area contributed by atoms with Crippen LogP contribution < -0.4 is 5.32 Å². The first-order valence-corrected chi connectivity index (χ1v) is 12.0. The van der Waals surface area contributed by atoms with E-state index < -0.39 is 5.97 Å². The van der Waals surface area contributed by atoms with Gasteiger partial charge in [-0.05, 0) is 98.2 Å². The first kappa shape index (κ1) is 22.2. The molecule has 0 aliphatic heterocycles. The van der Waals surface area contributed by atoms with Crippen molar-refractivity contribution < 1.29 is 19.1 Å². The van der Waals surface area contributed by atoms with E-state index in [4.69, 9.17) is 9.47 Å². The van der Waals surface area contributed by atoms with Crippen LogP contribution >= 0.6 is 0 Å². The monoisotopic (exact) mass is 427 g/mol. The van der Waals surface area contributed by atoms with Crippen LogP contribution in [0.4, 0.5) is 0 Å². The van der Waals surface area contributed by atoms with Crippen molar-refractivity contribution >= 4 is 12.4 Å². The Morgan fingerprint density at radius 3 is 2.61 bits per heavy atom. The fraction of sp³-hybridized carbons (Fsp3) is 0.692. The first-order chi connectivity index (χ1) is 14.9. The number of esters is 1. The Morgan fingerprint density at radius 1 is 1.13 bits per heavy atom.